The predicted molar refractivity (Wildman–Crippen MR) is 126 cm³/mol. The summed E-state index contributed by atoms with van der Waals surface area (Å²) in [6.07, 6.45) is 5.93. The van der Waals surface area contributed by atoms with Gasteiger partial charge in [0.05, 0.1) is 5.71 Å². The van der Waals surface area contributed by atoms with Crippen molar-refractivity contribution >= 4 is 50.3 Å². The van der Waals surface area contributed by atoms with Crippen LogP contribution in [-0.2, 0) is 22.4 Å². The van der Waals surface area contributed by atoms with Crippen LogP contribution in [0.4, 0.5) is 10.1 Å². The average Bonchev–Trinajstić information content (AvgIpc) is 3.37. The minimum absolute atomic E-state index is 0.0317. The number of fused-ring (bicyclic) bond motifs is 3. The summed E-state index contributed by atoms with van der Waals surface area (Å²) in [5, 5.41) is 5.99. The Hall–Kier alpha value is -2.84. The quantitative estimate of drug-likeness (QED) is 0.647. The average molecular weight is 451 g/mol. The van der Waals surface area contributed by atoms with Gasteiger partial charge < -0.3 is 5.32 Å². The molecule has 1 N–H and O–H groups in total. The van der Waals surface area contributed by atoms with Crippen molar-refractivity contribution in [3.05, 3.63) is 63.0 Å². The third-order valence-electron chi connectivity index (χ3n) is 5.58. The maximum atomic E-state index is 13.1. The third-order valence-corrected chi connectivity index (χ3v) is 7.58. The van der Waals surface area contributed by atoms with E-state index >= 15 is 0 Å². The normalized spacial score (nSPS) is 15.7. The Balaban J connectivity index is 1.57. The van der Waals surface area contributed by atoms with E-state index in [4.69, 9.17) is 4.99 Å². The molecule has 2 amide bonds. The van der Waals surface area contributed by atoms with Gasteiger partial charge in [-0.2, -0.15) is 0 Å². The zero-order valence-electron chi connectivity index (χ0n) is 17.2. The van der Waals surface area contributed by atoms with E-state index in [9.17, 15) is 9.59 Å². The lowest BCUT2D eigenvalue weighted by Gasteiger charge is -2.20. The van der Waals surface area contributed by atoms with Crippen LogP contribution in [0.25, 0.3) is 0 Å². The van der Waals surface area contributed by atoms with Crippen molar-refractivity contribution in [1.29, 1.82) is 0 Å². The number of nitrogens with one attached hydrogen (secondary N) is 1. The topological polar surface area (TPSA) is 74.7 Å². The second-order valence-corrected chi connectivity index (χ2v) is 9.77. The Labute approximate surface area is 188 Å². The van der Waals surface area contributed by atoms with E-state index in [1.54, 1.807) is 27.8 Å². The molecule has 2 aromatic heterocycles. The van der Waals surface area contributed by atoms with E-state index in [0.29, 0.717) is 5.13 Å². The molecule has 0 saturated carbocycles. The number of aliphatic imine (C=N–C) groups is 1. The van der Waals surface area contributed by atoms with Gasteiger partial charge in [-0.1, -0.05) is 23.8 Å². The molecule has 6 nitrogen and oxygen atoms in total. The molecule has 0 spiro atoms. The van der Waals surface area contributed by atoms with E-state index in [1.807, 2.05) is 6.07 Å². The zero-order valence-corrected chi connectivity index (χ0v) is 18.8. The summed E-state index contributed by atoms with van der Waals surface area (Å²) < 4.78 is 0. The summed E-state index contributed by atoms with van der Waals surface area (Å²) >= 11 is 3.01. The third kappa shape index (κ3) is 3.93. The first-order valence-electron chi connectivity index (χ1n) is 10.4. The molecular formula is C23H22N4O2S2. The Kier molecular flexibility index (Phi) is 5.41. The molecule has 1 aliphatic carbocycles. The van der Waals surface area contributed by atoms with Gasteiger partial charge in [-0.3, -0.25) is 19.5 Å². The maximum Gasteiger partial charge on any atom is 0.249 e. The molecule has 3 aromatic rings. The highest BCUT2D eigenvalue weighted by atomic mass is 32.1. The number of benzene rings is 1. The Bertz CT molecular complexity index is 1180. The molecular weight excluding hydrogens is 428 g/mol. The Morgan fingerprint density at radius 3 is 2.94 bits per heavy atom. The molecule has 2 aliphatic rings. The smallest absolute Gasteiger partial charge is 0.249 e. The molecule has 0 radical (unpaired) electrons. The fourth-order valence-electron chi connectivity index (χ4n) is 4.19. The highest BCUT2D eigenvalue weighted by Crippen LogP contribution is 2.42. The molecule has 8 heteroatoms. The molecule has 1 aliphatic heterocycles. The van der Waals surface area contributed by atoms with E-state index in [0.717, 1.165) is 53.1 Å². The number of carbonyl (C=O) groups is 2. The molecule has 31 heavy (non-hydrogen) atoms. The molecule has 5 rings (SSSR count). The number of thiazole rings is 1. The highest BCUT2D eigenvalue weighted by Gasteiger charge is 2.33. The van der Waals surface area contributed by atoms with Gasteiger partial charge in [0.15, 0.2) is 5.13 Å². The van der Waals surface area contributed by atoms with Crippen molar-refractivity contribution < 1.29 is 9.59 Å². The van der Waals surface area contributed by atoms with Gasteiger partial charge in [0.1, 0.15) is 18.1 Å². The van der Waals surface area contributed by atoms with Gasteiger partial charge >= 0.3 is 0 Å². The Morgan fingerprint density at radius 1 is 1.26 bits per heavy atom. The SMILES string of the molecule is Cc1cccc(C2=NCC(=O)N(CC(=O)Nc3nccs3)c3sc4c(c32)CCCC4)c1. The largest absolute Gasteiger partial charge is 0.300 e. The summed E-state index contributed by atoms with van der Waals surface area (Å²) in [5.41, 5.74) is 5.38. The molecule has 1 aromatic carbocycles. The summed E-state index contributed by atoms with van der Waals surface area (Å²) in [7, 11) is 0. The van der Waals surface area contributed by atoms with Gasteiger partial charge in [-0.05, 0) is 44.2 Å². The fraction of sp³-hybridized carbons (Fsp3) is 0.304. The van der Waals surface area contributed by atoms with Crippen LogP contribution in [0.2, 0.25) is 0 Å². The number of aromatic nitrogens is 1. The summed E-state index contributed by atoms with van der Waals surface area (Å²) in [4.78, 5) is 37.6. The number of anilines is 2. The van der Waals surface area contributed by atoms with Crippen molar-refractivity contribution in [2.45, 2.75) is 32.6 Å². The van der Waals surface area contributed by atoms with E-state index in [2.05, 4.69) is 35.4 Å². The molecule has 3 heterocycles. The first kappa shape index (κ1) is 20.1. The zero-order chi connectivity index (χ0) is 21.4. The number of carbonyl (C=O) groups excluding carboxylic acids is 2. The van der Waals surface area contributed by atoms with E-state index in [1.165, 1.54) is 21.8 Å². The number of hydrogen-bond acceptors (Lipinski definition) is 6. The second kappa shape index (κ2) is 8.36. The first-order chi connectivity index (χ1) is 15.1. The van der Waals surface area contributed by atoms with Gasteiger partial charge in [0, 0.05) is 27.6 Å². The predicted octanol–water partition coefficient (Wildman–Crippen LogP) is 4.21. The van der Waals surface area contributed by atoms with Crippen LogP contribution in [0.1, 0.15) is 40.0 Å². The molecule has 0 unspecified atom stereocenters. The second-order valence-electron chi connectivity index (χ2n) is 7.79. The lowest BCUT2D eigenvalue weighted by Crippen LogP contribution is -2.38. The van der Waals surface area contributed by atoms with Gasteiger partial charge in [0.25, 0.3) is 0 Å². The Morgan fingerprint density at radius 2 is 2.13 bits per heavy atom. The van der Waals surface area contributed by atoms with Gasteiger partial charge in [-0.15, -0.1) is 22.7 Å². The summed E-state index contributed by atoms with van der Waals surface area (Å²) in [5.74, 6) is -0.406. The number of hydrogen-bond donors (Lipinski definition) is 1. The number of rotatable bonds is 4. The van der Waals surface area contributed by atoms with Gasteiger partial charge in [-0.25, -0.2) is 4.98 Å². The van der Waals surface area contributed by atoms with Crippen LogP contribution < -0.4 is 10.2 Å². The molecule has 0 saturated heterocycles. The fourth-order valence-corrected chi connectivity index (χ4v) is 6.14. The number of aryl methyl sites for hydroxylation is 2. The van der Waals surface area contributed by atoms with Crippen LogP contribution in [0, 0.1) is 6.92 Å². The lowest BCUT2D eigenvalue weighted by atomic mass is 9.91. The number of thiophene rings is 1. The molecule has 0 bridgehead atoms. The monoisotopic (exact) mass is 450 g/mol. The summed E-state index contributed by atoms with van der Waals surface area (Å²) in [6.45, 7) is 2.05. The van der Waals surface area contributed by atoms with Crippen LogP contribution in [0.5, 0.6) is 0 Å². The standard InChI is InChI=1S/C23H22N4O2S2/c1-14-5-4-6-15(11-14)21-20-16-7-2-3-8-17(16)31-22(20)27(19(29)12-25-21)13-18(28)26-23-24-9-10-30-23/h4-6,9-11H,2-3,7-8,12-13H2,1H3,(H,24,26,28). The van der Waals surface area contributed by atoms with Gasteiger partial charge in [0.2, 0.25) is 11.8 Å². The minimum atomic E-state index is -0.250. The van der Waals surface area contributed by atoms with Crippen LogP contribution in [0.3, 0.4) is 0 Å². The van der Waals surface area contributed by atoms with Crippen molar-refractivity contribution in [2.75, 3.05) is 23.3 Å². The first-order valence-corrected chi connectivity index (χ1v) is 12.1. The van der Waals surface area contributed by atoms with Crippen molar-refractivity contribution in [1.82, 2.24) is 4.98 Å². The number of nitrogens with zero attached hydrogens (tertiary/aromatic N) is 3. The highest BCUT2D eigenvalue weighted by molar-refractivity contribution is 7.17. The van der Waals surface area contributed by atoms with E-state index in [-0.39, 0.29) is 24.9 Å². The van der Waals surface area contributed by atoms with Crippen LogP contribution >= 0.6 is 22.7 Å². The minimum Gasteiger partial charge on any atom is -0.300 e. The molecule has 0 fully saturated rings. The van der Waals surface area contributed by atoms with Crippen molar-refractivity contribution in [3.8, 4) is 0 Å². The van der Waals surface area contributed by atoms with E-state index < -0.39 is 0 Å². The molecule has 158 valence electrons. The van der Waals surface area contributed by atoms with Crippen LogP contribution in [-0.4, -0.2) is 35.6 Å². The maximum absolute atomic E-state index is 13.1. The molecule has 0 atom stereocenters. The number of amides is 2. The van der Waals surface area contributed by atoms with Crippen molar-refractivity contribution in [3.63, 3.8) is 0 Å². The summed E-state index contributed by atoms with van der Waals surface area (Å²) in [6, 6.07) is 8.26. The van der Waals surface area contributed by atoms with Crippen LogP contribution in [0.15, 0.2) is 40.8 Å². The lowest BCUT2D eigenvalue weighted by molar-refractivity contribution is -0.120. The van der Waals surface area contributed by atoms with Crippen molar-refractivity contribution in [2.24, 2.45) is 4.99 Å².